The first-order valence-electron chi connectivity index (χ1n) is 8.04. The van der Waals surface area contributed by atoms with Gasteiger partial charge in [0.1, 0.15) is 18.1 Å². The Labute approximate surface area is 160 Å². The van der Waals surface area contributed by atoms with Gasteiger partial charge in [0.15, 0.2) is 0 Å². The number of carbonyl (C=O) groups is 1. The van der Waals surface area contributed by atoms with E-state index in [2.05, 4.69) is 15.4 Å². The van der Waals surface area contributed by atoms with E-state index in [-0.39, 0.29) is 16.4 Å². The molecule has 1 aliphatic heterocycles. The fourth-order valence-electron chi connectivity index (χ4n) is 2.96. The monoisotopic (exact) mass is 410 g/mol. The summed E-state index contributed by atoms with van der Waals surface area (Å²) in [6.07, 6.45) is -2.85. The Morgan fingerprint density at radius 1 is 1.33 bits per heavy atom. The Morgan fingerprint density at radius 3 is 2.78 bits per heavy atom. The number of halogens is 3. The van der Waals surface area contributed by atoms with Gasteiger partial charge in [-0.25, -0.2) is 4.68 Å². The van der Waals surface area contributed by atoms with Crippen molar-refractivity contribution in [3.63, 3.8) is 0 Å². The summed E-state index contributed by atoms with van der Waals surface area (Å²) in [5, 5.41) is 8.07. The van der Waals surface area contributed by atoms with Crippen LogP contribution in [0.2, 0.25) is 0 Å². The molecule has 140 valence electrons. The van der Waals surface area contributed by atoms with Crippen LogP contribution in [0.1, 0.15) is 32.4 Å². The van der Waals surface area contributed by atoms with E-state index >= 15 is 0 Å². The lowest BCUT2D eigenvalue weighted by Gasteiger charge is -2.29. The Bertz CT molecular complexity index is 1020. The highest BCUT2D eigenvalue weighted by atomic mass is 32.1. The molecule has 0 aromatic carbocycles. The first-order chi connectivity index (χ1) is 12.9. The highest BCUT2D eigenvalue weighted by Crippen LogP contribution is 2.43. The zero-order chi connectivity index (χ0) is 19.2. The molecular weight excluding hydrogens is 397 g/mol. The number of rotatable bonds is 4. The number of allylic oxidation sites excluding steroid dienone is 2. The summed E-state index contributed by atoms with van der Waals surface area (Å²) in [4.78, 5) is 18.8. The van der Waals surface area contributed by atoms with Crippen LogP contribution in [-0.2, 0) is 6.42 Å². The van der Waals surface area contributed by atoms with E-state index in [1.807, 2.05) is 6.92 Å². The Kier molecular flexibility index (Phi) is 4.39. The summed E-state index contributed by atoms with van der Waals surface area (Å²) in [7, 11) is 0. The number of ketones is 1. The van der Waals surface area contributed by atoms with Crippen molar-refractivity contribution in [3.8, 4) is 0 Å². The average molecular weight is 410 g/mol. The van der Waals surface area contributed by atoms with Crippen molar-refractivity contribution in [2.24, 2.45) is 0 Å². The van der Waals surface area contributed by atoms with Gasteiger partial charge in [-0.3, -0.25) is 4.79 Å². The van der Waals surface area contributed by atoms with Crippen molar-refractivity contribution in [1.82, 2.24) is 14.8 Å². The minimum absolute atomic E-state index is 0.0438. The molecule has 3 aromatic rings. The number of hydrogen-bond donors (Lipinski definition) is 1. The van der Waals surface area contributed by atoms with E-state index in [1.54, 1.807) is 29.6 Å². The number of anilines is 1. The van der Waals surface area contributed by atoms with Gasteiger partial charge < -0.3 is 5.32 Å². The second-order valence-corrected chi connectivity index (χ2v) is 7.95. The van der Waals surface area contributed by atoms with Crippen molar-refractivity contribution in [3.05, 3.63) is 61.9 Å². The van der Waals surface area contributed by atoms with E-state index in [4.69, 9.17) is 0 Å². The Balaban J connectivity index is 1.93. The molecule has 3 aromatic heterocycles. The summed E-state index contributed by atoms with van der Waals surface area (Å²) in [5.74, 6) is -0.697. The number of nitrogens with zero attached hydrogens (tertiary/aromatic N) is 3. The molecule has 27 heavy (non-hydrogen) atoms. The molecule has 1 atom stereocenters. The molecule has 0 spiro atoms. The largest absolute Gasteiger partial charge is 0.431 e. The van der Waals surface area contributed by atoms with Gasteiger partial charge in [-0.15, -0.1) is 22.7 Å². The van der Waals surface area contributed by atoms with Crippen molar-refractivity contribution < 1.29 is 18.0 Å². The number of alkyl halides is 3. The third-order valence-electron chi connectivity index (χ3n) is 4.17. The zero-order valence-corrected chi connectivity index (χ0v) is 15.6. The van der Waals surface area contributed by atoms with Gasteiger partial charge in [0.05, 0.1) is 10.5 Å². The number of nitrogens with one attached hydrogen (secondary N) is 1. The van der Waals surface area contributed by atoms with Gasteiger partial charge in [-0.05, 0) is 30.0 Å². The molecule has 0 aliphatic carbocycles. The predicted molar refractivity (Wildman–Crippen MR) is 97.2 cm³/mol. The normalized spacial score (nSPS) is 17.0. The Hall–Kier alpha value is -2.46. The molecule has 0 fully saturated rings. The zero-order valence-electron chi connectivity index (χ0n) is 13.9. The minimum atomic E-state index is -4.73. The molecule has 5 nitrogen and oxygen atoms in total. The smallest absolute Gasteiger partial charge is 0.320 e. The molecular formula is C17H13F3N4OS2. The average Bonchev–Trinajstić information content (AvgIpc) is 3.39. The third kappa shape index (κ3) is 3.08. The molecule has 1 aliphatic rings. The molecule has 0 radical (unpaired) electrons. The number of Topliss-reactive ketones (excluding diaryl/α,β-unsaturated/α-hetero) is 1. The van der Waals surface area contributed by atoms with Crippen LogP contribution in [-0.4, -0.2) is 26.7 Å². The summed E-state index contributed by atoms with van der Waals surface area (Å²) >= 11 is 2.48. The maximum absolute atomic E-state index is 13.8. The Morgan fingerprint density at radius 2 is 2.15 bits per heavy atom. The van der Waals surface area contributed by atoms with Crippen molar-refractivity contribution in [1.29, 1.82) is 0 Å². The number of aromatic nitrogens is 3. The van der Waals surface area contributed by atoms with Crippen LogP contribution in [0.5, 0.6) is 0 Å². The van der Waals surface area contributed by atoms with Gasteiger partial charge in [0, 0.05) is 9.75 Å². The molecule has 4 rings (SSSR count). The molecule has 4 heterocycles. The van der Waals surface area contributed by atoms with Crippen LogP contribution in [0.4, 0.5) is 19.1 Å². The third-order valence-corrected chi connectivity index (χ3v) is 6.32. The van der Waals surface area contributed by atoms with E-state index in [1.165, 1.54) is 33.7 Å². The van der Waals surface area contributed by atoms with Gasteiger partial charge in [0.2, 0.25) is 11.7 Å². The topological polar surface area (TPSA) is 59.8 Å². The quantitative estimate of drug-likeness (QED) is 0.635. The summed E-state index contributed by atoms with van der Waals surface area (Å²) in [6, 6.07) is 5.78. The molecule has 0 amide bonds. The second-order valence-electron chi connectivity index (χ2n) is 5.81. The van der Waals surface area contributed by atoms with Gasteiger partial charge >= 0.3 is 6.18 Å². The van der Waals surface area contributed by atoms with E-state index in [9.17, 15) is 18.0 Å². The van der Waals surface area contributed by atoms with Crippen LogP contribution in [0.15, 0.2) is 47.2 Å². The number of thiophene rings is 2. The molecule has 0 saturated heterocycles. The maximum atomic E-state index is 13.8. The van der Waals surface area contributed by atoms with Crippen molar-refractivity contribution in [2.75, 3.05) is 5.32 Å². The van der Waals surface area contributed by atoms with Crippen molar-refractivity contribution in [2.45, 2.75) is 25.6 Å². The lowest BCUT2D eigenvalue weighted by atomic mass is 9.96. The molecule has 1 N–H and O–H groups in total. The van der Waals surface area contributed by atoms with Crippen LogP contribution < -0.4 is 5.32 Å². The maximum Gasteiger partial charge on any atom is 0.431 e. The second kappa shape index (κ2) is 6.61. The van der Waals surface area contributed by atoms with E-state index in [0.29, 0.717) is 11.3 Å². The van der Waals surface area contributed by atoms with Gasteiger partial charge in [-0.1, -0.05) is 13.0 Å². The van der Waals surface area contributed by atoms with Crippen LogP contribution in [0, 0.1) is 0 Å². The number of carbonyl (C=O) groups excluding carboxylic acids is 1. The first-order valence-corrected chi connectivity index (χ1v) is 9.74. The van der Waals surface area contributed by atoms with Crippen LogP contribution >= 0.6 is 22.7 Å². The summed E-state index contributed by atoms with van der Waals surface area (Å²) < 4.78 is 42.8. The standard InChI is InChI=1S/C17H13F3N4OS2/c1-2-9-5-6-11(27-9)14(25)12-13(10-4-3-7-26-10)24-16(21-8-22-24)23-15(12)17(18,19)20/h3-8,13H,2H2,1H3,(H,21,22,23)/t13-/m0/s1. The molecule has 0 unspecified atom stereocenters. The van der Waals surface area contributed by atoms with Crippen LogP contribution in [0.3, 0.4) is 0 Å². The predicted octanol–water partition coefficient (Wildman–Crippen LogP) is 4.68. The minimum Gasteiger partial charge on any atom is -0.320 e. The van der Waals surface area contributed by atoms with E-state index < -0.39 is 23.7 Å². The number of hydrogen-bond acceptors (Lipinski definition) is 6. The fraction of sp³-hybridized carbons (Fsp3) is 0.235. The fourth-order valence-corrected chi connectivity index (χ4v) is 4.68. The van der Waals surface area contributed by atoms with Gasteiger partial charge in [0.25, 0.3) is 0 Å². The highest BCUT2D eigenvalue weighted by Gasteiger charge is 2.46. The first kappa shape index (κ1) is 17.9. The van der Waals surface area contributed by atoms with Crippen LogP contribution in [0.25, 0.3) is 0 Å². The molecule has 0 bridgehead atoms. The molecule has 0 saturated carbocycles. The summed E-state index contributed by atoms with van der Waals surface area (Å²) in [6.45, 7) is 1.93. The van der Waals surface area contributed by atoms with Crippen molar-refractivity contribution >= 4 is 34.4 Å². The number of fused-ring (bicyclic) bond motifs is 1. The lowest BCUT2D eigenvalue weighted by Crippen LogP contribution is -2.34. The SMILES string of the molecule is CCc1ccc(C(=O)C2=C(C(F)(F)F)Nc3ncnn3[C@H]2c2cccs2)s1. The lowest BCUT2D eigenvalue weighted by molar-refractivity contribution is -0.0918. The van der Waals surface area contributed by atoms with E-state index in [0.717, 1.165) is 4.88 Å². The van der Waals surface area contributed by atoms with Gasteiger partial charge in [-0.2, -0.15) is 23.3 Å². The molecule has 10 heteroatoms. The number of aryl methyl sites for hydroxylation is 1. The highest BCUT2D eigenvalue weighted by molar-refractivity contribution is 7.14. The summed E-state index contributed by atoms with van der Waals surface area (Å²) in [5.41, 5.74) is -1.45.